The Kier molecular flexibility index (Phi) is 7.08. The van der Waals surface area contributed by atoms with Crippen LogP contribution in [0.4, 0.5) is 26.3 Å². The van der Waals surface area contributed by atoms with Crippen LogP contribution in [0.5, 0.6) is 5.75 Å². The quantitative estimate of drug-likeness (QED) is 0.336. The zero-order chi connectivity index (χ0) is 25.0. The van der Waals surface area contributed by atoms with E-state index in [0.29, 0.717) is 5.75 Å². The van der Waals surface area contributed by atoms with Gasteiger partial charge in [-0.2, -0.15) is 26.3 Å². The molecular weight excluding hydrogens is 458 g/mol. The van der Waals surface area contributed by atoms with E-state index in [1.165, 1.54) is 61.7 Å². The molecule has 0 spiro atoms. The second-order valence-electron chi connectivity index (χ2n) is 7.21. The van der Waals surface area contributed by atoms with Crippen molar-refractivity contribution in [1.29, 1.82) is 0 Å². The molecule has 0 heterocycles. The number of hydrogen-bond acceptors (Lipinski definition) is 2. The van der Waals surface area contributed by atoms with E-state index in [1.54, 1.807) is 0 Å². The molecule has 0 aliphatic rings. The molecule has 0 bridgehead atoms. The third kappa shape index (κ3) is 5.80. The van der Waals surface area contributed by atoms with Crippen LogP contribution in [0, 0.1) is 11.8 Å². The van der Waals surface area contributed by atoms with Crippen molar-refractivity contribution in [3.05, 3.63) is 107 Å². The van der Waals surface area contributed by atoms with Crippen molar-refractivity contribution in [3.8, 4) is 17.6 Å². The van der Waals surface area contributed by atoms with E-state index in [-0.39, 0.29) is 16.7 Å². The number of halogens is 6. The first-order valence-electron chi connectivity index (χ1n) is 9.86. The van der Waals surface area contributed by atoms with Crippen molar-refractivity contribution in [2.24, 2.45) is 0 Å². The Hall–Kier alpha value is -3.70. The molecule has 8 heteroatoms. The molecule has 3 aromatic rings. The molecule has 0 fully saturated rings. The number of methoxy groups -OCH3 is 1. The second kappa shape index (κ2) is 9.65. The summed E-state index contributed by atoms with van der Waals surface area (Å²) >= 11 is 0. The molecule has 0 amide bonds. The maximum Gasteiger partial charge on any atom is 0.417 e. The predicted molar refractivity (Wildman–Crippen MR) is 116 cm³/mol. The highest BCUT2D eigenvalue weighted by atomic mass is 19.4. The van der Waals surface area contributed by atoms with Crippen LogP contribution < -0.4 is 4.74 Å². The summed E-state index contributed by atoms with van der Waals surface area (Å²) in [7, 11) is 1.42. The van der Waals surface area contributed by atoms with Crippen LogP contribution in [-0.2, 0) is 18.0 Å². The van der Waals surface area contributed by atoms with Crippen LogP contribution in [0.3, 0.4) is 0 Å². The summed E-state index contributed by atoms with van der Waals surface area (Å²) in [5, 5.41) is 11.3. The fraction of sp³-hybridized carbons (Fsp3) is 0.154. The minimum atomic E-state index is -4.68. The fourth-order valence-electron chi connectivity index (χ4n) is 3.17. The number of aliphatic hydroxyl groups is 1. The van der Waals surface area contributed by atoms with Gasteiger partial charge in [0.1, 0.15) is 5.75 Å². The van der Waals surface area contributed by atoms with E-state index in [1.807, 2.05) is 0 Å². The third-order valence-corrected chi connectivity index (χ3v) is 4.92. The summed E-state index contributed by atoms with van der Waals surface area (Å²) in [4.78, 5) is 0. The van der Waals surface area contributed by atoms with Crippen LogP contribution in [0.25, 0.3) is 6.08 Å². The van der Waals surface area contributed by atoms with Gasteiger partial charge in [-0.1, -0.05) is 60.4 Å². The minimum absolute atomic E-state index is 0.131. The normalized spacial score (nSPS) is 13.8. The number of ether oxygens (including phenoxy) is 1. The van der Waals surface area contributed by atoms with E-state index < -0.39 is 29.1 Å². The van der Waals surface area contributed by atoms with Gasteiger partial charge in [-0.05, 0) is 42.0 Å². The van der Waals surface area contributed by atoms with Gasteiger partial charge in [0.2, 0.25) is 0 Å². The largest absolute Gasteiger partial charge is 0.497 e. The van der Waals surface area contributed by atoms with Crippen molar-refractivity contribution < 1.29 is 36.2 Å². The Bertz CT molecular complexity index is 1230. The molecule has 3 aromatic carbocycles. The van der Waals surface area contributed by atoms with Crippen molar-refractivity contribution in [3.63, 3.8) is 0 Å². The number of benzene rings is 3. The van der Waals surface area contributed by atoms with Gasteiger partial charge >= 0.3 is 12.4 Å². The lowest BCUT2D eigenvalue weighted by Crippen LogP contribution is -2.21. The van der Waals surface area contributed by atoms with Gasteiger partial charge in [0.25, 0.3) is 0 Å². The zero-order valence-corrected chi connectivity index (χ0v) is 17.7. The summed E-state index contributed by atoms with van der Waals surface area (Å²) < 4.78 is 85.1. The lowest BCUT2D eigenvalue weighted by atomic mass is 9.91. The molecule has 3 rings (SSSR count). The molecule has 1 N–H and O–H groups in total. The van der Waals surface area contributed by atoms with Crippen LogP contribution in [0.15, 0.2) is 78.9 Å². The zero-order valence-electron chi connectivity index (χ0n) is 17.7. The molecule has 0 aliphatic carbocycles. The average Bonchev–Trinajstić information content (AvgIpc) is 2.81. The molecule has 0 saturated carbocycles. The Labute approximate surface area is 192 Å². The van der Waals surface area contributed by atoms with E-state index in [0.717, 1.165) is 30.4 Å². The van der Waals surface area contributed by atoms with Gasteiger partial charge in [0, 0.05) is 11.1 Å². The van der Waals surface area contributed by atoms with Crippen molar-refractivity contribution in [1.82, 2.24) is 0 Å². The molecule has 34 heavy (non-hydrogen) atoms. The maximum absolute atomic E-state index is 13.4. The maximum atomic E-state index is 13.4. The van der Waals surface area contributed by atoms with Crippen molar-refractivity contribution >= 4 is 6.08 Å². The lowest BCUT2D eigenvalue weighted by molar-refractivity contribution is -0.138. The minimum Gasteiger partial charge on any atom is -0.497 e. The monoisotopic (exact) mass is 476 g/mol. The van der Waals surface area contributed by atoms with Gasteiger partial charge in [0.05, 0.1) is 18.2 Å². The van der Waals surface area contributed by atoms with Crippen LogP contribution in [0.2, 0.25) is 0 Å². The summed E-state index contributed by atoms with van der Waals surface area (Å²) in [6.45, 7) is 0. The third-order valence-electron chi connectivity index (χ3n) is 4.92. The highest BCUT2D eigenvalue weighted by Gasteiger charge is 2.34. The molecule has 0 aromatic heterocycles. The number of rotatable bonds is 4. The fourth-order valence-corrected chi connectivity index (χ4v) is 3.17. The van der Waals surface area contributed by atoms with Gasteiger partial charge in [-0.3, -0.25) is 0 Å². The van der Waals surface area contributed by atoms with E-state index >= 15 is 0 Å². The van der Waals surface area contributed by atoms with Crippen LogP contribution in [-0.4, -0.2) is 12.2 Å². The van der Waals surface area contributed by atoms with Gasteiger partial charge < -0.3 is 9.84 Å². The first-order chi connectivity index (χ1) is 15.9. The smallest absolute Gasteiger partial charge is 0.417 e. The predicted octanol–water partition coefficient (Wildman–Crippen LogP) is 6.69. The SMILES string of the molecule is COc1ccc(C(O)(C#Cc2ccccc2C(F)(F)F)/C=C/c2ccccc2C(F)(F)F)cc1. The molecule has 0 saturated heterocycles. The topological polar surface area (TPSA) is 29.5 Å². The molecule has 0 aliphatic heterocycles. The van der Waals surface area contributed by atoms with Gasteiger partial charge in [-0.25, -0.2) is 0 Å². The molecule has 2 nitrogen and oxygen atoms in total. The van der Waals surface area contributed by atoms with Gasteiger partial charge in [0.15, 0.2) is 5.60 Å². The Morgan fingerprint density at radius 1 is 0.765 bits per heavy atom. The van der Waals surface area contributed by atoms with E-state index in [4.69, 9.17) is 4.74 Å². The van der Waals surface area contributed by atoms with Crippen LogP contribution >= 0.6 is 0 Å². The lowest BCUT2D eigenvalue weighted by Gasteiger charge is -2.20. The Morgan fingerprint density at radius 2 is 1.32 bits per heavy atom. The summed E-state index contributed by atoms with van der Waals surface area (Å²) in [5.41, 5.74) is -4.62. The standard InChI is InChI=1S/C26H18F6O2/c1-34-21-12-10-20(11-13-21)24(33,16-14-18-6-2-4-8-22(18)25(27,28)29)17-15-19-7-3-5-9-23(19)26(30,31)32/h2-14,16,33H,1H3/b16-14+. The van der Waals surface area contributed by atoms with E-state index in [9.17, 15) is 31.4 Å². The highest BCUT2D eigenvalue weighted by Crippen LogP contribution is 2.34. The molecule has 0 radical (unpaired) electrons. The molecule has 1 unspecified atom stereocenters. The van der Waals surface area contributed by atoms with Crippen molar-refractivity contribution in [2.45, 2.75) is 18.0 Å². The first-order valence-corrected chi connectivity index (χ1v) is 9.86. The Morgan fingerprint density at radius 3 is 1.91 bits per heavy atom. The van der Waals surface area contributed by atoms with Crippen molar-refractivity contribution in [2.75, 3.05) is 7.11 Å². The summed E-state index contributed by atoms with van der Waals surface area (Å²) in [5.74, 6) is 5.19. The highest BCUT2D eigenvalue weighted by molar-refractivity contribution is 5.59. The molecule has 1 atom stereocenters. The molecular formula is C26H18F6O2. The average molecular weight is 476 g/mol. The Balaban J connectivity index is 2.14. The molecule has 176 valence electrons. The van der Waals surface area contributed by atoms with Crippen LogP contribution in [0.1, 0.15) is 27.8 Å². The second-order valence-corrected chi connectivity index (χ2v) is 7.21. The number of alkyl halides is 6. The summed E-state index contributed by atoms with van der Waals surface area (Å²) in [6.07, 6.45) is -7.26. The number of hydrogen-bond donors (Lipinski definition) is 1. The van der Waals surface area contributed by atoms with E-state index in [2.05, 4.69) is 11.8 Å². The summed E-state index contributed by atoms with van der Waals surface area (Å²) in [6, 6.07) is 15.1. The first kappa shape index (κ1) is 24.9. The van der Waals surface area contributed by atoms with Gasteiger partial charge in [-0.15, -0.1) is 0 Å².